The van der Waals surface area contributed by atoms with Gasteiger partial charge in [-0.05, 0) is 12.5 Å². The first-order chi connectivity index (χ1) is 5.35. The van der Waals surface area contributed by atoms with Gasteiger partial charge in [0.15, 0.2) is 0 Å². The second-order valence-electron chi connectivity index (χ2n) is 1.94. The van der Waals surface area contributed by atoms with Gasteiger partial charge in [0.2, 0.25) is 6.41 Å². The standard InChI is InChI=1S/C8H14N2O/c1-3-4-8(9-2)5-6-10-7-11/h4-7,9H,3H2,1-2H3,(H,10,11)/b6-5-,8-4+. The minimum absolute atomic E-state index is 0.635. The number of amides is 1. The number of nitrogens with one attached hydrogen (secondary N) is 2. The molecule has 3 heteroatoms. The highest BCUT2D eigenvalue weighted by Gasteiger charge is 1.82. The minimum Gasteiger partial charge on any atom is -0.388 e. The van der Waals surface area contributed by atoms with Crippen LogP contribution in [0.3, 0.4) is 0 Å². The third-order valence-corrected chi connectivity index (χ3v) is 1.14. The quantitative estimate of drug-likeness (QED) is 0.453. The largest absolute Gasteiger partial charge is 0.388 e. The first-order valence-corrected chi connectivity index (χ1v) is 3.59. The molecule has 0 atom stereocenters. The molecule has 0 aliphatic carbocycles. The summed E-state index contributed by atoms with van der Waals surface area (Å²) in [6, 6.07) is 0. The maximum Gasteiger partial charge on any atom is 0.211 e. The number of likely N-dealkylation sites (N-methyl/N-ethyl adjacent to an activating group) is 1. The Morgan fingerprint density at radius 2 is 2.27 bits per heavy atom. The number of rotatable bonds is 5. The van der Waals surface area contributed by atoms with Crippen LogP contribution < -0.4 is 10.6 Å². The van der Waals surface area contributed by atoms with Crippen molar-refractivity contribution in [1.82, 2.24) is 10.6 Å². The van der Waals surface area contributed by atoms with Crippen molar-refractivity contribution in [3.05, 3.63) is 24.0 Å². The molecule has 1 amide bonds. The molecule has 0 aliphatic heterocycles. The lowest BCUT2D eigenvalue weighted by Crippen LogP contribution is -2.05. The molecule has 0 spiro atoms. The Kier molecular flexibility index (Phi) is 6.08. The number of carbonyl (C=O) groups excluding carboxylic acids is 1. The second-order valence-corrected chi connectivity index (χ2v) is 1.94. The number of allylic oxidation sites excluding steroid dienone is 2. The summed E-state index contributed by atoms with van der Waals surface area (Å²) in [5.41, 5.74) is 1.00. The SMILES string of the molecule is CC/C=C(\C=C/NC=O)NC. The van der Waals surface area contributed by atoms with Crippen LogP contribution in [-0.2, 0) is 4.79 Å². The van der Waals surface area contributed by atoms with E-state index in [4.69, 9.17) is 0 Å². The summed E-state index contributed by atoms with van der Waals surface area (Å²) in [6.07, 6.45) is 7.03. The fraction of sp³-hybridized carbons (Fsp3) is 0.375. The lowest BCUT2D eigenvalue weighted by Gasteiger charge is -1.98. The molecule has 62 valence electrons. The Balaban J connectivity index is 3.85. The number of hydrogen-bond donors (Lipinski definition) is 2. The van der Waals surface area contributed by atoms with Gasteiger partial charge in [-0.2, -0.15) is 0 Å². The van der Waals surface area contributed by atoms with Crippen molar-refractivity contribution in [2.24, 2.45) is 0 Å². The van der Waals surface area contributed by atoms with Crippen LogP contribution in [0, 0.1) is 0 Å². The molecule has 0 unspecified atom stereocenters. The van der Waals surface area contributed by atoms with Crippen molar-refractivity contribution in [3.8, 4) is 0 Å². The smallest absolute Gasteiger partial charge is 0.211 e. The van der Waals surface area contributed by atoms with Gasteiger partial charge in [-0.25, -0.2) is 0 Å². The van der Waals surface area contributed by atoms with Crippen LogP contribution in [0.4, 0.5) is 0 Å². The van der Waals surface area contributed by atoms with Crippen molar-refractivity contribution >= 4 is 6.41 Å². The predicted molar refractivity (Wildman–Crippen MR) is 45.8 cm³/mol. The van der Waals surface area contributed by atoms with Crippen LogP contribution in [0.2, 0.25) is 0 Å². The lowest BCUT2D eigenvalue weighted by molar-refractivity contribution is -0.108. The number of carbonyl (C=O) groups is 1. The van der Waals surface area contributed by atoms with E-state index in [1.165, 1.54) is 0 Å². The summed E-state index contributed by atoms with van der Waals surface area (Å²) in [4.78, 5) is 9.83. The summed E-state index contributed by atoms with van der Waals surface area (Å²) in [7, 11) is 1.84. The summed E-state index contributed by atoms with van der Waals surface area (Å²) >= 11 is 0. The van der Waals surface area contributed by atoms with Gasteiger partial charge in [0.25, 0.3) is 0 Å². The molecule has 0 aliphatic rings. The summed E-state index contributed by atoms with van der Waals surface area (Å²) in [6.45, 7) is 2.05. The van der Waals surface area contributed by atoms with Crippen molar-refractivity contribution in [2.75, 3.05) is 7.05 Å². The molecule has 0 rings (SSSR count). The maximum absolute atomic E-state index is 9.83. The van der Waals surface area contributed by atoms with Crippen molar-refractivity contribution < 1.29 is 4.79 Å². The normalized spacial score (nSPS) is 11.6. The van der Waals surface area contributed by atoms with Crippen LogP contribution in [0.1, 0.15) is 13.3 Å². The Morgan fingerprint density at radius 1 is 1.55 bits per heavy atom. The van der Waals surface area contributed by atoms with E-state index in [9.17, 15) is 4.79 Å². The first-order valence-electron chi connectivity index (χ1n) is 3.59. The molecule has 0 bridgehead atoms. The van der Waals surface area contributed by atoms with Gasteiger partial charge in [-0.1, -0.05) is 13.0 Å². The fourth-order valence-electron chi connectivity index (χ4n) is 0.651. The molecule has 0 saturated carbocycles. The molecule has 0 aromatic rings. The Hall–Kier alpha value is -1.25. The first kappa shape index (κ1) is 9.75. The zero-order valence-corrected chi connectivity index (χ0v) is 6.92. The van der Waals surface area contributed by atoms with Gasteiger partial charge in [-0.15, -0.1) is 0 Å². The predicted octanol–water partition coefficient (Wildman–Crippen LogP) is 0.759. The van der Waals surface area contributed by atoms with E-state index in [1.54, 1.807) is 12.3 Å². The molecule has 3 nitrogen and oxygen atoms in total. The highest BCUT2D eigenvalue weighted by atomic mass is 16.1. The van der Waals surface area contributed by atoms with E-state index in [1.807, 2.05) is 13.1 Å². The van der Waals surface area contributed by atoms with E-state index >= 15 is 0 Å². The monoisotopic (exact) mass is 154 g/mol. The zero-order valence-electron chi connectivity index (χ0n) is 6.92. The highest BCUT2D eigenvalue weighted by Crippen LogP contribution is 1.91. The van der Waals surface area contributed by atoms with Gasteiger partial charge in [0, 0.05) is 18.9 Å². The van der Waals surface area contributed by atoms with Crippen molar-refractivity contribution in [1.29, 1.82) is 0 Å². The maximum atomic E-state index is 9.83. The van der Waals surface area contributed by atoms with E-state index in [0.29, 0.717) is 6.41 Å². The summed E-state index contributed by atoms with van der Waals surface area (Å²) < 4.78 is 0. The average Bonchev–Trinajstić information content (AvgIpc) is 2.03. The van der Waals surface area contributed by atoms with Gasteiger partial charge >= 0.3 is 0 Å². The molecule has 0 aromatic carbocycles. The van der Waals surface area contributed by atoms with Crippen LogP contribution in [0.25, 0.3) is 0 Å². The second kappa shape index (κ2) is 6.86. The van der Waals surface area contributed by atoms with Crippen molar-refractivity contribution in [2.45, 2.75) is 13.3 Å². The van der Waals surface area contributed by atoms with Gasteiger partial charge in [-0.3, -0.25) is 4.79 Å². The van der Waals surface area contributed by atoms with Crippen LogP contribution >= 0.6 is 0 Å². The Morgan fingerprint density at radius 3 is 2.73 bits per heavy atom. The zero-order chi connectivity index (χ0) is 8.53. The van der Waals surface area contributed by atoms with Gasteiger partial charge < -0.3 is 10.6 Å². The molecule has 11 heavy (non-hydrogen) atoms. The molecule has 0 aromatic heterocycles. The molecular weight excluding hydrogens is 140 g/mol. The third-order valence-electron chi connectivity index (χ3n) is 1.14. The lowest BCUT2D eigenvalue weighted by atomic mass is 10.3. The molecule has 0 saturated heterocycles. The fourth-order valence-corrected chi connectivity index (χ4v) is 0.651. The minimum atomic E-state index is 0.635. The van der Waals surface area contributed by atoms with E-state index in [0.717, 1.165) is 12.1 Å². The van der Waals surface area contributed by atoms with Gasteiger partial charge in [0.1, 0.15) is 0 Å². The Bertz CT molecular complexity index is 161. The summed E-state index contributed by atoms with van der Waals surface area (Å²) in [5, 5.41) is 5.41. The third kappa shape index (κ3) is 5.21. The molecule has 0 heterocycles. The van der Waals surface area contributed by atoms with E-state index in [-0.39, 0.29) is 0 Å². The average molecular weight is 154 g/mol. The summed E-state index contributed by atoms with van der Waals surface area (Å²) in [5.74, 6) is 0. The van der Waals surface area contributed by atoms with Crippen LogP contribution in [-0.4, -0.2) is 13.5 Å². The molecule has 2 N–H and O–H groups in total. The van der Waals surface area contributed by atoms with Crippen LogP contribution in [0.5, 0.6) is 0 Å². The molecular formula is C8H14N2O. The highest BCUT2D eigenvalue weighted by molar-refractivity contribution is 5.48. The Labute approximate surface area is 67.2 Å². The van der Waals surface area contributed by atoms with E-state index in [2.05, 4.69) is 17.6 Å². The molecule has 0 radical (unpaired) electrons. The van der Waals surface area contributed by atoms with E-state index < -0.39 is 0 Å². The van der Waals surface area contributed by atoms with Crippen molar-refractivity contribution in [3.63, 3.8) is 0 Å². The topological polar surface area (TPSA) is 41.1 Å². The molecule has 0 fully saturated rings. The van der Waals surface area contributed by atoms with Crippen LogP contribution in [0.15, 0.2) is 24.0 Å². The number of hydrogen-bond acceptors (Lipinski definition) is 2. The van der Waals surface area contributed by atoms with Gasteiger partial charge in [0.05, 0.1) is 0 Å².